The average molecular weight is 276 g/mol. The summed E-state index contributed by atoms with van der Waals surface area (Å²) in [5.41, 5.74) is 2.32. The number of anilines is 1. The molecule has 1 aliphatic rings. The van der Waals surface area contributed by atoms with Crippen LogP contribution in [0.3, 0.4) is 0 Å². The van der Waals surface area contributed by atoms with Gasteiger partial charge in [0.25, 0.3) is 0 Å². The predicted molar refractivity (Wildman–Crippen MR) is 80.9 cm³/mol. The van der Waals surface area contributed by atoms with Crippen LogP contribution in [0, 0.1) is 6.92 Å². The van der Waals surface area contributed by atoms with Crippen LogP contribution in [0.25, 0.3) is 10.2 Å². The third-order valence-corrected chi connectivity index (χ3v) is 4.79. The Morgan fingerprint density at radius 1 is 1.42 bits per heavy atom. The highest BCUT2D eigenvalue weighted by Gasteiger charge is 2.27. The first kappa shape index (κ1) is 12.8. The van der Waals surface area contributed by atoms with Crippen molar-refractivity contribution in [2.24, 2.45) is 0 Å². The standard InChI is InChI=1S/C14H20N4S/c1-3-18(11-4-5-11)7-6-15-14-13-12(16-9-17-14)10(2)8-19-13/h8-9,11H,3-7H2,1-2H3,(H,15,16,17). The van der Waals surface area contributed by atoms with Gasteiger partial charge in [-0.3, -0.25) is 4.90 Å². The Morgan fingerprint density at radius 3 is 3.00 bits per heavy atom. The van der Waals surface area contributed by atoms with E-state index in [9.17, 15) is 0 Å². The molecule has 0 bridgehead atoms. The lowest BCUT2D eigenvalue weighted by molar-refractivity contribution is 0.289. The summed E-state index contributed by atoms with van der Waals surface area (Å²) in [6, 6.07) is 0.834. The van der Waals surface area contributed by atoms with Crippen LogP contribution in [0.15, 0.2) is 11.7 Å². The van der Waals surface area contributed by atoms with Crippen molar-refractivity contribution < 1.29 is 0 Å². The van der Waals surface area contributed by atoms with Crippen molar-refractivity contribution in [2.75, 3.05) is 25.0 Å². The largest absolute Gasteiger partial charge is 0.367 e. The summed E-state index contributed by atoms with van der Waals surface area (Å²) in [6.07, 6.45) is 4.40. The molecule has 1 aliphatic carbocycles. The number of aromatic nitrogens is 2. The maximum atomic E-state index is 4.37. The molecule has 2 heterocycles. The molecule has 2 aromatic heterocycles. The summed E-state index contributed by atoms with van der Waals surface area (Å²) in [4.78, 5) is 11.3. The van der Waals surface area contributed by atoms with E-state index in [-0.39, 0.29) is 0 Å². The third kappa shape index (κ3) is 2.72. The van der Waals surface area contributed by atoms with Crippen LogP contribution < -0.4 is 5.32 Å². The molecule has 0 spiro atoms. The fraction of sp³-hybridized carbons (Fsp3) is 0.571. The molecule has 0 aliphatic heterocycles. The van der Waals surface area contributed by atoms with E-state index in [2.05, 4.69) is 39.4 Å². The van der Waals surface area contributed by atoms with Crippen molar-refractivity contribution in [3.63, 3.8) is 0 Å². The number of likely N-dealkylation sites (N-methyl/N-ethyl adjacent to an activating group) is 1. The van der Waals surface area contributed by atoms with Crippen molar-refractivity contribution in [1.29, 1.82) is 0 Å². The minimum absolute atomic E-state index is 0.834. The minimum Gasteiger partial charge on any atom is -0.367 e. The molecule has 2 aromatic rings. The van der Waals surface area contributed by atoms with E-state index < -0.39 is 0 Å². The predicted octanol–water partition coefficient (Wildman–Crippen LogP) is 2.90. The zero-order chi connectivity index (χ0) is 13.2. The molecular formula is C14H20N4S. The number of nitrogens with one attached hydrogen (secondary N) is 1. The van der Waals surface area contributed by atoms with E-state index in [1.165, 1.54) is 23.1 Å². The van der Waals surface area contributed by atoms with Crippen LogP contribution in [0.5, 0.6) is 0 Å². The van der Waals surface area contributed by atoms with Gasteiger partial charge in [0, 0.05) is 19.1 Å². The second-order valence-corrected chi connectivity index (χ2v) is 5.98. The van der Waals surface area contributed by atoms with E-state index in [4.69, 9.17) is 0 Å². The highest BCUT2D eigenvalue weighted by atomic mass is 32.1. The van der Waals surface area contributed by atoms with Crippen LogP contribution in [0.2, 0.25) is 0 Å². The van der Waals surface area contributed by atoms with E-state index in [0.717, 1.165) is 37.0 Å². The fourth-order valence-electron chi connectivity index (χ4n) is 2.45. The van der Waals surface area contributed by atoms with Gasteiger partial charge in [-0.25, -0.2) is 9.97 Å². The molecule has 0 atom stereocenters. The Hall–Kier alpha value is -1.20. The Bertz CT molecular complexity index is 562. The highest BCUT2D eigenvalue weighted by Crippen LogP contribution is 2.29. The van der Waals surface area contributed by atoms with Gasteiger partial charge < -0.3 is 5.32 Å². The Kier molecular flexibility index (Phi) is 3.66. The van der Waals surface area contributed by atoms with Crippen LogP contribution in [-0.4, -0.2) is 40.5 Å². The number of hydrogen-bond donors (Lipinski definition) is 1. The molecule has 102 valence electrons. The number of fused-ring (bicyclic) bond motifs is 1. The molecule has 1 N–H and O–H groups in total. The van der Waals surface area contributed by atoms with Gasteiger partial charge in [-0.2, -0.15) is 0 Å². The minimum atomic E-state index is 0.834. The van der Waals surface area contributed by atoms with Gasteiger partial charge in [-0.1, -0.05) is 6.92 Å². The number of hydrogen-bond acceptors (Lipinski definition) is 5. The monoisotopic (exact) mass is 276 g/mol. The van der Waals surface area contributed by atoms with E-state index in [1.807, 2.05) is 0 Å². The Labute approximate surface area is 117 Å². The van der Waals surface area contributed by atoms with Crippen molar-refractivity contribution in [3.05, 3.63) is 17.3 Å². The van der Waals surface area contributed by atoms with Gasteiger partial charge >= 0.3 is 0 Å². The quantitative estimate of drug-likeness (QED) is 0.881. The second kappa shape index (κ2) is 5.43. The van der Waals surface area contributed by atoms with Gasteiger partial charge in [0.05, 0.1) is 10.2 Å². The van der Waals surface area contributed by atoms with Crippen molar-refractivity contribution >= 4 is 27.4 Å². The zero-order valence-corrected chi connectivity index (χ0v) is 12.3. The number of thiophene rings is 1. The first-order valence-electron chi connectivity index (χ1n) is 6.96. The topological polar surface area (TPSA) is 41.0 Å². The third-order valence-electron chi connectivity index (χ3n) is 3.69. The lowest BCUT2D eigenvalue weighted by Gasteiger charge is -2.19. The van der Waals surface area contributed by atoms with Gasteiger partial charge in [0.2, 0.25) is 0 Å². The molecule has 4 nitrogen and oxygen atoms in total. The Balaban J connectivity index is 1.64. The SMILES string of the molecule is CCN(CCNc1ncnc2c(C)csc12)C1CC1. The summed E-state index contributed by atoms with van der Waals surface area (Å²) >= 11 is 1.72. The van der Waals surface area contributed by atoms with Crippen molar-refractivity contribution in [1.82, 2.24) is 14.9 Å². The second-order valence-electron chi connectivity index (χ2n) is 5.11. The molecule has 1 saturated carbocycles. The molecule has 1 fully saturated rings. The van der Waals surface area contributed by atoms with Crippen LogP contribution in [0.1, 0.15) is 25.3 Å². The Morgan fingerprint density at radius 2 is 2.26 bits per heavy atom. The summed E-state index contributed by atoms with van der Waals surface area (Å²) in [5, 5.41) is 5.61. The summed E-state index contributed by atoms with van der Waals surface area (Å²) < 4.78 is 1.18. The van der Waals surface area contributed by atoms with Crippen molar-refractivity contribution in [2.45, 2.75) is 32.7 Å². The van der Waals surface area contributed by atoms with Crippen LogP contribution >= 0.6 is 11.3 Å². The maximum absolute atomic E-state index is 4.37. The molecule has 3 rings (SSSR count). The zero-order valence-electron chi connectivity index (χ0n) is 11.5. The molecule has 0 radical (unpaired) electrons. The van der Waals surface area contributed by atoms with Gasteiger partial charge in [0.1, 0.15) is 12.1 Å². The maximum Gasteiger partial charge on any atom is 0.147 e. The fourth-order valence-corrected chi connectivity index (χ4v) is 3.42. The van der Waals surface area contributed by atoms with Gasteiger partial charge in [-0.05, 0) is 37.3 Å². The lowest BCUT2D eigenvalue weighted by atomic mass is 10.3. The molecule has 5 heteroatoms. The highest BCUT2D eigenvalue weighted by molar-refractivity contribution is 7.18. The summed E-state index contributed by atoms with van der Waals surface area (Å²) in [7, 11) is 0. The first-order chi connectivity index (χ1) is 9.29. The number of nitrogens with zero attached hydrogens (tertiary/aromatic N) is 3. The molecular weight excluding hydrogens is 256 g/mol. The number of aryl methyl sites for hydroxylation is 1. The summed E-state index contributed by atoms with van der Waals surface area (Å²) in [6.45, 7) is 7.53. The van der Waals surface area contributed by atoms with Crippen molar-refractivity contribution in [3.8, 4) is 0 Å². The molecule has 0 aromatic carbocycles. The van der Waals surface area contributed by atoms with Gasteiger partial charge in [-0.15, -0.1) is 11.3 Å². The van der Waals surface area contributed by atoms with Gasteiger partial charge in [0.15, 0.2) is 0 Å². The molecule has 0 unspecified atom stereocenters. The first-order valence-corrected chi connectivity index (χ1v) is 7.84. The molecule has 0 saturated heterocycles. The summed E-state index contributed by atoms with van der Waals surface area (Å²) in [5.74, 6) is 0.981. The average Bonchev–Trinajstić information content (AvgIpc) is 3.20. The smallest absolute Gasteiger partial charge is 0.147 e. The molecule has 19 heavy (non-hydrogen) atoms. The van der Waals surface area contributed by atoms with E-state index in [1.54, 1.807) is 17.7 Å². The van der Waals surface area contributed by atoms with E-state index in [0.29, 0.717) is 0 Å². The molecule has 0 amide bonds. The van der Waals surface area contributed by atoms with E-state index >= 15 is 0 Å². The number of rotatable bonds is 6. The van der Waals surface area contributed by atoms with Crippen LogP contribution in [0.4, 0.5) is 5.82 Å². The lowest BCUT2D eigenvalue weighted by Crippen LogP contribution is -2.31. The normalized spacial score (nSPS) is 15.3. The van der Waals surface area contributed by atoms with Crippen LogP contribution in [-0.2, 0) is 0 Å².